The first-order valence-corrected chi connectivity index (χ1v) is 8.60. The van der Waals surface area contributed by atoms with Gasteiger partial charge in [-0.05, 0) is 51.0 Å². The van der Waals surface area contributed by atoms with Crippen molar-refractivity contribution in [2.45, 2.75) is 33.6 Å². The van der Waals surface area contributed by atoms with E-state index in [1.54, 1.807) is 18.2 Å². The number of nitrogens with zero attached hydrogens (tertiary/aromatic N) is 2. The Morgan fingerprint density at radius 1 is 1.19 bits per heavy atom. The molecule has 0 aliphatic carbocycles. The number of carbonyl (C=O) groups is 2. The summed E-state index contributed by atoms with van der Waals surface area (Å²) in [5.74, 6) is 0.254. The Morgan fingerprint density at radius 2 is 1.96 bits per heavy atom. The van der Waals surface area contributed by atoms with E-state index in [0.29, 0.717) is 29.2 Å². The summed E-state index contributed by atoms with van der Waals surface area (Å²) < 4.78 is 7.00. The fourth-order valence-corrected chi connectivity index (χ4v) is 3.06. The van der Waals surface area contributed by atoms with Gasteiger partial charge >= 0.3 is 5.97 Å². The summed E-state index contributed by atoms with van der Waals surface area (Å²) in [6.45, 7) is 5.57. The zero-order chi connectivity index (χ0) is 19.6. The van der Waals surface area contributed by atoms with Crippen molar-refractivity contribution < 1.29 is 19.2 Å². The van der Waals surface area contributed by atoms with Gasteiger partial charge < -0.3 is 14.9 Å². The Hall–Kier alpha value is -3.35. The number of aryl methyl sites for hydroxylation is 3. The predicted octanol–water partition coefficient (Wildman–Crippen LogP) is 3.66. The number of carbonyl (C=O) groups excluding carboxylic acids is 1. The number of hydrogen-bond donors (Lipinski definition) is 2. The number of benzene rings is 1. The van der Waals surface area contributed by atoms with Gasteiger partial charge in [0.2, 0.25) is 0 Å². The van der Waals surface area contributed by atoms with Gasteiger partial charge in [0.1, 0.15) is 5.76 Å². The van der Waals surface area contributed by atoms with Crippen LogP contribution in [0.1, 0.15) is 39.5 Å². The number of anilines is 1. The van der Waals surface area contributed by atoms with Crippen molar-refractivity contribution in [3.05, 3.63) is 64.7 Å². The molecule has 0 atom stereocenters. The van der Waals surface area contributed by atoms with E-state index < -0.39 is 5.97 Å². The van der Waals surface area contributed by atoms with Crippen LogP contribution in [0.4, 0.5) is 5.69 Å². The largest absolute Gasteiger partial charge is 0.481 e. The molecule has 0 aliphatic heterocycles. The molecule has 27 heavy (non-hydrogen) atoms. The molecule has 0 unspecified atom stereocenters. The number of nitrogens with one attached hydrogen (secondary N) is 1. The van der Waals surface area contributed by atoms with Crippen LogP contribution < -0.4 is 5.32 Å². The van der Waals surface area contributed by atoms with Gasteiger partial charge in [0.15, 0.2) is 5.82 Å². The van der Waals surface area contributed by atoms with Crippen LogP contribution in [0.3, 0.4) is 0 Å². The summed E-state index contributed by atoms with van der Waals surface area (Å²) in [7, 11) is 0. The van der Waals surface area contributed by atoms with Gasteiger partial charge in [0.05, 0.1) is 5.56 Å². The molecule has 0 fully saturated rings. The van der Waals surface area contributed by atoms with Gasteiger partial charge in [0, 0.05) is 29.6 Å². The van der Waals surface area contributed by atoms with Crippen LogP contribution in [0.5, 0.6) is 0 Å². The highest BCUT2D eigenvalue weighted by atomic mass is 16.5. The molecule has 0 saturated heterocycles. The fourth-order valence-electron chi connectivity index (χ4n) is 3.06. The quantitative estimate of drug-likeness (QED) is 0.693. The Balaban J connectivity index is 1.81. The third-order valence-corrected chi connectivity index (χ3v) is 4.33. The lowest BCUT2D eigenvalue weighted by Gasteiger charge is -2.08. The number of carboxylic acid groups (broad SMARTS) is 1. The molecule has 7 heteroatoms. The lowest BCUT2D eigenvalue weighted by atomic mass is 10.1. The van der Waals surface area contributed by atoms with E-state index in [2.05, 4.69) is 10.5 Å². The first-order valence-electron chi connectivity index (χ1n) is 8.60. The molecule has 1 amide bonds. The fraction of sp³-hybridized carbons (Fsp3) is 0.250. The van der Waals surface area contributed by atoms with Crippen molar-refractivity contribution in [1.82, 2.24) is 9.72 Å². The standard InChI is InChI=1S/C20H21N3O4/c1-12-9-17(14(3)23(12)18-10-13(2)27-22-18)20(26)21-16-6-4-5-15(11-16)7-8-19(24)25/h4-6,9-11H,7-8H2,1-3H3,(H,21,26)(H,24,25). The smallest absolute Gasteiger partial charge is 0.303 e. The van der Waals surface area contributed by atoms with E-state index in [1.165, 1.54) is 0 Å². The molecule has 0 aliphatic rings. The molecular weight excluding hydrogens is 346 g/mol. The molecule has 1 aromatic carbocycles. The maximum Gasteiger partial charge on any atom is 0.303 e. The molecule has 2 N–H and O–H groups in total. The molecule has 7 nitrogen and oxygen atoms in total. The molecular formula is C20H21N3O4. The molecule has 3 rings (SSSR count). The topological polar surface area (TPSA) is 97.4 Å². The molecule has 0 saturated carbocycles. The lowest BCUT2D eigenvalue weighted by Crippen LogP contribution is -2.13. The van der Waals surface area contributed by atoms with Gasteiger partial charge in [0.25, 0.3) is 5.91 Å². The van der Waals surface area contributed by atoms with E-state index in [0.717, 1.165) is 17.0 Å². The first-order chi connectivity index (χ1) is 12.8. The second-order valence-electron chi connectivity index (χ2n) is 6.46. The number of aromatic nitrogens is 2. The Bertz CT molecular complexity index is 1000. The van der Waals surface area contributed by atoms with Gasteiger partial charge in [-0.3, -0.25) is 14.2 Å². The monoisotopic (exact) mass is 367 g/mol. The summed E-state index contributed by atoms with van der Waals surface area (Å²) in [5, 5.41) is 15.7. The van der Waals surface area contributed by atoms with Crippen LogP contribution in [-0.2, 0) is 11.2 Å². The van der Waals surface area contributed by atoms with E-state index >= 15 is 0 Å². The Labute approximate surface area is 156 Å². The summed E-state index contributed by atoms with van der Waals surface area (Å²) in [6, 6.07) is 10.8. The molecule has 3 aromatic rings. The maximum atomic E-state index is 12.8. The highest BCUT2D eigenvalue weighted by Gasteiger charge is 2.18. The molecule has 0 bridgehead atoms. The third-order valence-electron chi connectivity index (χ3n) is 4.33. The molecule has 0 radical (unpaired) electrons. The van der Waals surface area contributed by atoms with Gasteiger partial charge in [-0.1, -0.05) is 17.3 Å². The zero-order valence-corrected chi connectivity index (χ0v) is 15.4. The van der Waals surface area contributed by atoms with Crippen molar-refractivity contribution >= 4 is 17.6 Å². The normalized spacial score (nSPS) is 10.8. The van der Waals surface area contributed by atoms with Crippen molar-refractivity contribution in [2.75, 3.05) is 5.32 Å². The Morgan fingerprint density at radius 3 is 2.63 bits per heavy atom. The van der Waals surface area contributed by atoms with E-state index in [9.17, 15) is 9.59 Å². The summed E-state index contributed by atoms with van der Waals surface area (Å²) in [6.07, 6.45) is 0.467. The van der Waals surface area contributed by atoms with Gasteiger partial charge in [-0.15, -0.1) is 0 Å². The average molecular weight is 367 g/mol. The van der Waals surface area contributed by atoms with Crippen molar-refractivity contribution in [3.63, 3.8) is 0 Å². The molecule has 2 aromatic heterocycles. The zero-order valence-electron chi connectivity index (χ0n) is 15.4. The highest BCUT2D eigenvalue weighted by Crippen LogP contribution is 2.22. The minimum atomic E-state index is -0.847. The molecule has 0 spiro atoms. The van der Waals surface area contributed by atoms with Crippen LogP contribution >= 0.6 is 0 Å². The summed E-state index contributed by atoms with van der Waals surface area (Å²) in [5.41, 5.74) is 3.68. The summed E-state index contributed by atoms with van der Waals surface area (Å²) in [4.78, 5) is 23.5. The molecule has 2 heterocycles. The van der Waals surface area contributed by atoms with Gasteiger partial charge in [-0.2, -0.15) is 0 Å². The van der Waals surface area contributed by atoms with Crippen LogP contribution in [0.25, 0.3) is 5.82 Å². The van der Waals surface area contributed by atoms with Crippen molar-refractivity contribution in [1.29, 1.82) is 0 Å². The molecule has 140 valence electrons. The number of carboxylic acids is 1. The van der Waals surface area contributed by atoms with Crippen molar-refractivity contribution in [3.8, 4) is 5.82 Å². The van der Waals surface area contributed by atoms with Crippen LogP contribution in [-0.4, -0.2) is 26.7 Å². The van der Waals surface area contributed by atoms with Crippen LogP contribution in [0.2, 0.25) is 0 Å². The number of amides is 1. The van der Waals surface area contributed by atoms with Gasteiger partial charge in [-0.25, -0.2) is 0 Å². The van der Waals surface area contributed by atoms with Crippen LogP contribution in [0.15, 0.2) is 40.9 Å². The average Bonchev–Trinajstić information content (AvgIpc) is 3.16. The predicted molar refractivity (Wildman–Crippen MR) is 100 cm³/mol. The third kappa shape index (κ3) is 4.08. The minimum Gasteiger partial charge on any atom is -0.481 e. The van der Waals surface area contributed by atoms with E-state index in [1.807, 2.05) is 43.5 Å². The SMILES string of the molecule is Cc1cc(-n2c(C)cc(C(=O)Nc3cccc(CCC(=O)O)c3)c2C)no1. The first kappa shape index (κ1) is 18.4. The van der Waals surface area contributed by atoms with E-state index in [4.69, 9.17) is 9.63 Å². The second kappa shape index (κ2) is 7.49. The minimum absolute atomic E-state index is 0.0513. The number of rotatable bonds is 6. The highest BCUT2D eigenvalue weighted by molar-refractivity contribution is 6.05. The number of aliphatic carboxylic acids is 1. The second-order valence-corrected chi connectivity index (χ2v) is 6.46. The Kier molecular flexibility index (Phi) is 5.12. The van der Waals surface area contributed by atoms with Crippen LogP contribution in [0, 0.1) is 20.8 Å². The number of hydrogen-bond acceptors (Lipinski definition) is 4. The maximum absolute atomic E-state index is 12.8. The van der Waals surface area contributed by atoms with E-state index in [-0.39, 0.29) is 12.3 Å². The summed E-state index contributed by atoms with van der Waals surface area (Å²) >= 11 is 0. The van der Waals surface area contributed by atoms with Crippen molar-refractivity contribution in [2.24, 2.45) is 0 Å². The lowest BCUT2D eigenvalue weighted by molar-refractivity contribution is -0.136.